The van der Waals surface area contributed by atoms with Crippen LogP contribution in [0.4, 0.5) is 8.78 Å². The third kappa shape index (κ3) is 3.27. The van der Waals surface area contributed by atoms with Gasteiger partial charge in [0, 0.05) is 5.56 Å². The third-order valence-electron chi connectivity index (χ3n) is 3.25. The van der Waals surface area contributed by atoms with Crippen LogP contribution in [0.3, 0.4) is 0 Å². The molecule has 0 fully saturated rings. The highest BCUT2D eigenvalue weighted by Gasteiger charge is 2.21. The lowest BCUT2D eigenvalue weighted by atomic mass is 9.99. The summed E-state index contributed by atoms with van der Waals surface area (Å²) >= 11 is 0. The number of ether oxygens (including phenoxy) is 1. The monoisotopic (exact) mass is 290 g/mol. The van der Waals surface area contributed by atoms with Gasteiger partial charge in [-0.3, -0.25) is 4.79 Å². The molecule has 0 spiro atoms. The van der Waals surface area contributed by atoms with Gasteiger partial charge < -0.3 is 4.74 Å². The average Bonchev–Trinajstić information content (AvgIpc) is 2.45. The van der Waals surface area contributed by atoms with E-state index in [9.17, 15) is 13.6 Å². The lowest BCUT2D eigenvalue weighted by molar-refractivity contribution is 0.0810. The van der Waals surface area contributed by atoms with Crippen LogP contribution in [0, 0.1) is 25.5 Å². The van der Waals surface area contributed by atoms with Crippen LogP contribution in [-0.4, -0.2) is 11.9 Å². The maximum Gasteiger partial charge on any atom is 0.203 e. The Bertz CT molecular complexity index is 680. The second-order valence-electron chi connectivity index (χ2n) is 4.99. The van der Waals surface area contributed by atoms with E-state index in [1.54, 1.807) is 6.07 Å². The van der Waals surface area contributed by atoms with Gasteiger partial charge in [0.05, 0.1) is 0 Å². The number of Topliss-reactive ketones (excluding diaryl/α,β-unsaturated/α-hetero) is 1. The van der Waals surface area contributed by atoms with Crippen molar-refractivity contribution in [3.63, 3.8) is 0 Å². The lowest BCUT2D eigenvalue weighted by Gasteiger charge is -2.16. The Hall–Kier alpha value is -2.23. The summed E-state index contributed by atoms with van der Waals surface area (Å²) in [5, 5.41) is 0. The number of carbonyl (C=O) groups excluding carboxylic acids is 1. The SMILES string of the molecule is Cc1ccc(C)c(C(=O)C(C)Oc2cccc(F)c2F)c1. The first-order valence-corrected chi connectivity index (χ1v) is 6.62. The molecule has 2 aromatic rings. The summed E-state index contributed by atoms with van der Waals surface area (Å²) in [6, 6.07) is 9.15. The summed E-state index contributed by atoms with van der Waals surface area (Å²) in [5.41, 5.74) is 2.30. The standard InChI is InChI=1S/C17H16F2O2/c1-10-7-8-11(2)13(9-10)17(20)12(3)21-15-6-4-5-14(18)16(15)19/h4-9,12H,1-3H3. The van der Waals surface area contributed by atoms with Crippen LogP contribution in [0.1, 0.15) is 28.4 Å². The second kappa shape index (κ2) is 6.04. The molecule has 110 valence electrons. The Morgan fingerprint density at radius 3 is 2.57 bits per heavy atom. The molecule has 0 saturated heterocycles. The molecule has 1 unspecified atom stereocenters. The number of halogens is 2. The molecular formula is C17H16F2O2. The Morgan fingerprint density at radius 2 is 1.86 bits per heavy atom. The van der Waals surface area contributed by atoms with Gasteiger partial charge in [-0.1, -0.05) is 23.8 Å². The summed E-state index contributed by atoms with van der Waals surface area (Å²) < 4.78 is 32.0. The lowest BCUT2D eigenvalue weighted by Crippen LogP contribution is -2.25. The van der Waals surface area contributed by atoms with Crippen LogP contribution >= 0.6 is 0 Å². The molecule has 2 nitrogen and oxygen atoms in total. The maximum absolute atomic E-state index is 13.6. The van der Waals surface area contributed by atoms with Crippen molar-refractivity contribution in [3.8, 4) is 5.75 Å². The minimum Gasteiger partial charge on any atom is -0.479 e. The average molecular weight is 290 g/mol. The quantitative estimate of drug-likeness (QED) is 0.788. The van der Waals surface area contributed by atoms with E-state index in [0.29, 0.717) is 5.56 Å². The van der Waals surface area contributed by atoms with E-state index in [0.717, 1.165) is 17.2 Å². The van der Waals surface area contributed by atoms with Crippen molar-refractivity contribution >= 4 is 5.78 Å². The zero-order valence-electron chi connectivity index (χ0n) is 12.1. The number of carbonyl (C=O) groups is 1. The Labute approximate surface area is 122 Å². The van der Waals surface area contributed by atoms with E-state index in [-0.39, 0.29) is 11.5 Å². The summed E-state index contributed by atoms with van der Waals surface area (Å²) in [7, 11) is 0. The predicted octanol–water partition coefficient (Wildman–Crippen LogP) is 4.23. The molecule has 0 heterocycles. The first-order valence-electron chi connectivity index (χ1n) is 6.62. The van der Waals surface area contributed by atoms with E-state index in [4.69, 9.17) is 4.74 Å². The highest BCUT2D eigenvalue weighted by molar-refractivity contribution is 6.00. The first-order chi connectivity index (χ1) is 9.90. The van der Waals surface area contributed by atoms with E-state index >= 15 is 0 Å². The largest absolute Gasteiger partial charge is 0.479 e. The molecule has 0 aromatic heterocycles. The third-order valence-corrected chi connectivity index (χ3v) is 3.25. The summed E-state index contributed by atoms with van der Waals surface area (Å²) in [6.45, 7) is 5.23. The predicted molar refractivity (Wildman–Crippen MR) is 76.7 cm³/mol. The molecule has 0 aliphatic heterocycles. The van der Waals surface area contributed by atoms with Gasteiger partial charge >= 0.3 is 0 Å². The molecule has 2 rings (SSSR count). The van der Waals surface area contributed by atoms with Crippen LogP contribution in [0.25, 0.3) is 0 Å². The minimum atomic E-state index is -1.09. The number of hydrogen-bond donors (Lipinski definition) is 0. The Morgan fingerprint density at radius 1 is 1.14 bits per heavy atom. The van der Waals surface area contributed by atoms with Crippen molar-refractivity contribution < 1.29 is 18.3 Å². The number of ketones is 1. The van der Waals surface area contributed by atoms with Gasteiger partial charge in [0.1, 0.15) is 0 Å². The Balaban J connectivity index is 2.24. The fourth-order valence-electron chi connectivity index (χ4n) is 2.04. The van der Waals surface area contributed by atoms with Crippen LogP contribution in [0.15, 0.2) is 36.4 Å². The maximum atomic E-state index is 13.6. The van der Waals surface area contributed by atoms with Crippen molar-refractivity contribution in [2.45, 2.75) is 26.9 Å². The van der Waals surface area contributed by atoms with E-state index in [2.05, 4.69) is 0 Å². The molecule has 0 aliphatic carbocycles. The first kappa shape index (κ1) is 15.2. The molecule has 1 atom stereocenters. The topological polar surface area (TPSA) is 26.3 Å². The molecule has 21 heavy (non-hydrogen) atoms. The molecule has 0 amide bonds. The van der Waals surface area contributed by atoms with Gasteiger partial charge in [0.2, 0.25) is 11.6 Å². The second-order valence-corrected chi connectivity index (χ2v) is 4.99. The van der Waals surface area contributed by atoms with Crippen molar-refractivity contribution in [3.05, 3.63) is 64.7 Å². The van der Waals surface area contributed by atoms with Crippen molar-refractivity contribution in [2.24, 2.45) is 0 Å². The van der Waals surface area contributed by atoms with Crippen LogP contribution in [0.5, 0.6) is 5.75 Å². The van der Waals surface area contributed by atoms with Crippen molar-refractivity contribution in [2.75, 3.05) is 0 Å². The smallest absolute Gasteiger partial charge is 0.203 e. The molecule has 2 aromatic carbocycles. The van der Waals surface area contributed by atoms with Gasteiger partial charge in [0.15, 0.2) is 17.7 Å². The summed E-state index contributed by atoms with van der Waals surface area (Å²) in [6.07, 6.45) is -0.901. The van der Waals surface area contributed by atoms with E-state index in [1.807, 2.05) is 26.0 Å². The van der Waals surface area contributed by atoms with Gasteiger partial charge in [-0.05, 0) is 44.5 Å². The highest BCUT2D eigenvalue weighted by Crippen LogP contribution is 2.22. The molecule has 0 bridgehead atoms. The van der Waals surface area contributed by atoms with E-state index in [1.165, 1.54) is 19.1 Å². The molecule has 4 heteroatoms. The molecule has 0 saturated carbocycles. The zero-order chi connectivity index (χ0) is 15.6. The van der Waals surface area contributed by atoms with E-state index < -0.39 is 17.7 Å². The van der Waals surface area contributed by atoms with Crippen LogP contribution in [0.2, 0.25) is 0 Å². The van der Waals surface area contributed by atoms with Gasteiger partial charge in [-0.25, -0.2) is 4.39 Å². The van der Waals surface area contributed by atoms with Crippen LogP contribution < -0.4 is 4.74 Å². The molecule has 0 radical (unpaired) electrons. The van der Waals surface area contributed by atoms with Gasteiger partial charge in [-0.15, -0.1) is 0 Å². The molecule has 0 N–H and O–H groups in total. The fourth-order valence-corrected chi connectivity index (χ4v) is 2.04. The van der Waals surface area contributed by atoms with Crippen molar-refractivity contribution in [1.82, 2.24) is 0 Å². The number of hydrogen-bond acceptors (Lipinski definition) is 2. The normalized spacial score (nSPS) is 12.0. The van der Waals surface area contributed by atoms with Crippen LogP contribution in [-0.2, 0) is 0 Å². The molecule has 0 aliphatic rings. The molecular weight excluding hydrogens is 274 g/mol. The summed E-state index contributed by atoms with van der Waals surface area (Å²) in [5.74, 6) is -2.61. The number of rotatable bonds is 4. The Kier molecular flexibility index (Phi) is 4.36. The van der Waals surface area contributed by atoms with Gasteiger partial charge in [0.25, 0.3) is 0 Å². The summed E-state index contributed by atoms with van der Waals surface area (Å²) in [4.78, 5) is 12.4. The minimum absolute atomic E-state index is 0.263. The number of benzene rings is 2. The fraction of sp³-hybridized carbons (Fsp3) is 0.235. The van der Waals surface area contributed by atoms with Crippen molar-refractivity contribution in [1.29, 1.82) is 0 Å². The zero-order valence-corrected chi connectivity index (χ0v) is 12.1. The number of aryl methyl sites for hydroxylation is 2. The highest BCUT2D eigenvalue weighted by atomic mass is 19.2. The van der Waals surface area contributed by atoms with Gasteiger partial charge in [-0.2, -0.15) is 4.39 Å².